The molecule has 0 aliphatic carbocycles. The lowest BCUT2D eigenvalue weighted by molar-refractivity contribution is 0.865. The summed E-state index contributed by atoms with van der Waals surface area (Å²) in [6.45, 7) is 6.68. The Kier molecular flexibility index (Phi) is 4.19. The summed E-state index contributed by atoms with van der Waals surface area (Å²) in [5.41, 5.74) is 5.65. The molecular formula is C18H22. The predicted octanol–water partition coefficient (Wildman–Crippen LogP) is 4.96. The van der Waals surface area contributed by atoms with Gasteiger partial charge >= 0.3 is 0 Å². The van der Waals surface area contributed by atoms with E-state index in [1.54, 1.807) is 0 Å². The van der Waals surface area contributed by atoms with E-state index in [4.69, 9.17) is 0 Å². The Balaban J connectivity index is 2.13. The normalized spacial score (nSPS) is 10.9. The van der Waals surface area contributed by atoms with Crippen LogP contribution in [0.25, 0.3) is 0 Å². The average Bonchev–Trinajstić information content (AvgIpc) is 2.39. The van der Waals surface area contributed by atoms with Crippen LogP contribution >= 0.6 is 0 Å². The fourth-order valence-corrected chi connectivity index (χ4v) is 2.22. The lowest BCUT2D eigenvalue weighted by Crippen LogP contribution is -1.92. The van der Waals surface area contributed by atoms with Crippen LogP contribution in [0.5, 0.6) is 0 Å². The molecule has 0 heteroatoms. The van der Waals surface area contributed by atoms with Crippen molar-refractivity contribution in [3.8, 4) is 0 Å². The summed E-state index contributed by atoms with van der Waals surface area (Å²) in [5.74, 6) is 0.613. The maximum absolute atomic E-state index is 2.32. The van der Waals surface area contributed by atoms with E-state index in [9.17, 15) is 0 Å². The third-order valence-corrected chi connectivity index (χ3v) is 3.45. The van der Waals surface area contributed by atoms with Crippen molar-refractivity contribution in [2.24, 2.45) is 0 Å². The van der Waals surface area contributed by atoms with Crippen LogP contribution in [0.4, 0.5) is 0 Å². The van der Waals surface area contributed by atoms with Crippen molar-refractivity contribution in [1.29, 1.82) is 0 Å². The molecule has 0 saturated carbocycles. The topological polar surface area (TPSA) is 0 Å². The Morgan fingerprint density at radius 1 is 0.833 bits per heavy atom. The Hall–Kier alpha value is -1.56. The Morgan fingerprint density at radius 2 is 1.50 bits per heavy atom. The third-order valence-electron chi connectivity index (χ3n) is 3.45. The zero-order chi connectivity index (χ0) is 13.0. The number of hydrogen-bond donors (Lipinski definition) is 0. The molecule has 0 bridgehead atoms. The highest BCUT2D eigenvalue weighted by Crippen LogP contribution is 2.17. The van der Waals surface area contributed by atoms with E-state index >= 15 is 0 Å². The number of hydrogen-bond acceptors (Lipinski definition) is 0. The van der Waals surface area contributed by atoms with Gasteiger partial charge in [0.05, 0.1) is 0 Å². The Labute approximate surface area is 111 Å². The fraction of sp³-hybridized carbons (Fsp3) is 0.333. The summed E-state index contributed by atoms with van der Waals surface area (Å²) < 4.78 is 0. The van der Waals surface area contributed by atoms with E-state index in [2.05, 4.69) is 69.3 Å². The van der Waals surface area contributed by atoms with Crippen LogP contribution in [0.3, 0.4) is 0 Å². The highest BCUT2D eigenvalue weighted by Gasteiger charge is 2.00. The number of rotatable bonds is 4. The van der Waals surface area contributed by atoms with Gasteiger partial charge in [-0.3, -0.25) is 0 Å². The molecule has 0 aliphatic rings. The molecule has 0 unspecified atom stereocenters. The SMILES string of the molecule is CCc1cccc(Cc2ccc(C(C)C)cc2)c1. The molecule has 0 heterocycles. The highest BCUT2D eigenvalue weighted by atomic mass is 14.1. The van der Waals surface area contributed by atoms with Crippen LogP contribution in [0, 0.1) is 0 Å². The van der Waals surface area contributed by atoms with Crippen molar-refractivity contribution in [3.63, 3.8) is 0 Å². The van der Waals surface area contributed by atoms with Crippen LogP contribution in [0.2, 0.25) is 0 Å². The van der Waals surface area contributed by atoms with Crippen molar-refractivity contribution in [2.75, 3.05) is 0 Å². The first-order valence-electron chi connectivity index (χ1n) is 6.85. The molecule has 2 rings (SSSR count). The second kappa shape index (κ2) is 5.86. The first-order chi connectivity index (χ1) is 8.69. The van der Waals surface area contributed by atoms with Gasteiger partial charge in [0.2, 0.25) is 0 Å². The molecule has 18 heavy (non-hydrogen) atoms. The summed E-state index contributed by atoms with van der Waals surface area (Å²) in [6, 6.07) is 17.9. The van der Waals surface area contributed by atoms with E-state index in [1.807, 2.05) is 0 Å². The largest absolute Gasteiger partial charge is 0.0617 e. The summed E-state index contributed by atoms with van der Waals surface area (Å²) >= 11 is 0. The van der Waals surface area contributed by atoms with Crippen molar-refractivity contribution >= 4 is 0 Å². The van der Waals surface area contributed by atoms with Crippen molar-refractivity contribution < 1.29 is 0 Å². The number of aryl methyl sites for hydroxylation is 1. The van der Waals surface area contributed by atoms with Crippen LogP contribution < -0.4 is 0 Å². The summed E-state index contributed by atoms with van der Waals surface area (Å²) in [4.78, 5) is 0. The zero-order valence-corrected chi connectivity index (χ0v) is 11.6. The molecule has 0 aliphatic heterocycles. The van der Waals surface area contributed by atoms with Gasteiger partial charge in [-0.1, -0.05) is 69.3 Å². The van der Waals surface area contributed by atoms with Crippen LogP contribution in [0.1, 0.15) is 48.9 Å². The van der Waals surface area contributed by atoms with E-state index in [1.165, 1.54) is 22.3 Å². The molecule has 0 spiro atoms. The molecule has 0 nitrogen and oxygen atoms in total. The quantitative estimate of drug-likeness (QED) is 0.706. The smallest absolute Gasteiger partial charge is 0.00257 e. The second-order valence-electron chi connectivity index (χ2n) is 5.25. The Bertz CT molecular complexity index is 492. The van der Waals surface area contributed by atoms with Gasteiger partial charge < -0.3 is 0 Å². The summed E-state index contributed by atoms with van der Waals surface area (Å²) in [5, 5.41) is 0. The standard InChI is InChI=1S/C18H22/c1-4-15-6-5-7-17(12-15)13-16-8-10-18(11-9-16)14(2)3/h5-12,14H,4,13H2,1-3H3. The maximum Gasteiger partial charge on any atom is -0.00257 e. The lowest BCUT2D eigenvalue weighted by Gasteiger charge is -2.08. The van der Waals surface area contributed by atoms with Crippen molar-refractivity contribution in [1.82, 2.24) is 0 Å². The molecule has 2 aromatic rings. The highest BCUT2D eigenvalue weighted by molar-refractivity contribution is 5.31. The zero-order valence-electron chi connectivity index (χ0n) is 11.6. The van der Waals surface area contributed by atoms with Gasteiger partial charge in [-0.05, 0) is 41.0 Å². The van der Waals surface area contributed by atoms with Gasteiger partial charge in [-0.15, -0.1) is 0 Å². The molecule has 0 amide bonds. The van der Waals surface area contributed by atoms with E-state index < -0.39 is 0 Å². The predicted molar refractivity (Wildman–Crippen MR) is 79.2 cm³/mol. The molecule has 0 atom stereocenters. The molecule has 0 fully saturated rings. The van der Waals surface area contributed by atoms with Crippen molar-refractivity contribution in [3.05, 3.63) is 70.8 Å². The minimum absolute atomic E-state index is 0.613. The molecule has 0 saturated heterocycles. The van der Waals surface area contributed by atoms with Gasteiger partial charge in [0.1, 0.15) is 0 Å². The average molecular weight is 238 g/mol. The van der Waals surface area contributed by atoms with Crippen LogP contribution in [-0.4, -0.2) is 0 Å². The molecule has 0 radical (unpaired) electrons. The molecule has 2 aromatic carbocycles. The monoisotopic (exact) mass is 238 g/mol. The van der Waals surface area contributed by atoms with Gasteiger partial charge in [0.15, 0.2) is 0 Å². The van der Waals surface area contributed by atoms with Gasteiger partial charge in [-0.25, -0.2) is 0 Å². The molecule has 94 valence electrons. The van der Waals surface area contributed by atoms with Gasteiger partial charge in [0.25, 0.3) is 0 Å². The van der Waals surface area contributed by atoms with Gasteiger partial charge in [-0.2, -0.15) is 0 Å². The molecular weight excluding hydrogens is 216 g/mol. The fourth-order valence-electron chi connectivity index (χ4n) is 2.22. The molecule has 0 N–H and O–H groups in total. The summed E-state index contributed by atoms with van der Waals surface area (Å²) in [7, 11) is 0. The maximum atomic E-state index is 2.32. The first kappa shape index (κ1) is 12.9. The van der Waals surface area contributed by atoms with Crippen LogP contribution in [-0.2, 0) is 12.8 Å². The molecule has 0 aromatic heterocycles. The van der Waals surface area contributed by atoms with Crippen molar-refractivity contribution in [2.45, 2.75) is 39.5 Å². The third kappa shape index (κ3) is 3.22. The minimum atomic E-state index is 0.613. The number of benzene rings is 2. The minimum Gasteiger partial charge on any atom is -0.0617 e. The second-order valence-corrected chi connectivity index (χ2v) is 5.25. The Morgan fingerprint density at radius 3 is 2.11 bits per heavy atom. The first-order valence-corrected chi connectivity index (χ1v) is 6.85. The van der Waals surface area contributed by atoms with Crippen LogP contribution in [0.15, 0.2) is 48.5 Å². The van der Waals surface area contributed by atoms with Gasteiger partial charge in [0, 0.05) is 0 Å². The lowest BCUT2D eigenvalue weighted by atomic mass is 9.98. The van der Waals surface area contributed by atoms with E-state index in [-0.39, 0.29) is 0 Å². The van der Waals surface area contributed by atoms with E-state index in [0.29, 0.717) is 5.92 Å². The summed E-state index contributed by atoms with van der Waals surface area (Å²) in [6.07, 6.45) is 2.15. The van der Waals surface area contributed by atoms with E-state index in [0.717, 1.165) is 12.8 Å².